The normalized spacial score (nSPS) is 12.4. The van der Waals surface area contributed by atoms with Crippen molar-refractivity contribution < 1.29 is 14.0 Å². The molecule has 1 atom stereocenters. The third-order valence-electron chi connectivity index (χ3n) is 5.03. The van der Waals surface area contributed by atoms with Gasteiger partial charge in [0.1, 0.15) is 5.76 Å². The zero-order chi connectivity index (χ0) is 21.7. The van der Waals surface area contributed by atoms with E-state index in [0.29, 0.717) is 5.76 Å². The van der Waals surface area contributed by atoms with Crippen LogP contribution in [-0.4, -0.2) is 31.8 Å². The summed E-state index contributed by atoms with van der Waals surface area (Å²) in [6, 6.07) is 10.3. The first-order valence-electron chi connectivity index (χ1n) is 9.79. The second kappa shape index (κ2) is 9.21. The van der Waals surface area contributed by atoms with Crippen LogP contribution in [0, 0.1) is 6.92 Å². The molecular formula is C22H26N4O3S. The number of aromatic nitrogens is 2. The highest BCUT2D eigenvalue weighted by Gasteiger charge is 2.36. The van der Waals surface area contributed by atoms with Crippen LogP contribution in [0.5, 0.6) is 0 Å². The van der Waals surface area contributed by atoms with Gasteiger partial charge < -0.3 is 14.6 Å². The van der Waals surface area contributed by atoms with Gasteiger partial charge in [-0.05, 0) is 56.4 Å². The van der Waals surface area contributed by atoms with Crippen LogP contribution in [0.25, 0.3) is 0 Å². The van der Waals surface area contributed by atoms with E-state index in [1.165, 1.54) is 11.2 Å². The predicted octanol–water partition coefficient (Wildman–Crippen LogP) is 4.13. The molecule has 2 amide bonds. The summed E-state index contributed by atoms with van der Waals surface area (Å²) in [4.78, 5) is 28.2. The fourth-order valence-corrected chi connectivity index (χ4v) is 3.37. The summed E-state index contributed by atoms with van der Waals surface area (Å²) < 4.78 is 9.39. The lowest BCUT2D eigenvalue weighted by atomic mass is 10.0. The quantitative estimate of drug-likeness (QED) is 0.585. The van der Waals surface area contributed by atoms with Gasteiger partial charge in [-0.1, -0.05) is 41.2 Å². The van der Waals surface area contributed by atoms with E-state index < -0.39 is 11.6 Å². The van der Waals surface area contributed by atoms with Gasteiger partial charge in [-0.3, -0.25) is 9.59 Å². The van der Waals surface area contributed by atoms with Crippen molar-refractivity contribution in [2.24, 2.45) is 0 Å². The van der Waals surface area contributed by atoms with Crippen molar-refractivity contribution in [3.63, 3.8) is 0 Å². The molecule has 3 rings (SSSR count). The minimum Gasteiger partial charge on any atom is -0.467 e. The van der Waals surface area contributed by atoms with Crippen LogP contribution in [0.2, 0.25) is 0 Å². The monoisotopic (exact) mass is 426 g/mol. The van der Waals surface area contributed by atoms with Gasteiger partial charge in [-0.2, -0.15) is 0 Å². The molecule has 8 heteroatoms. The molecule has 0 radical (unpaired) electrons. The molecule has 0 unspecified atom stereocenters. The number of carbonyl (C=O) groups is 2. The summed E-state index contributed by atoms with van der Waals surface area (Å²) in [6.07, 6.45) is 2.24. The summed E-state index contributed by atoms with van der Waals surface area (Å²) in [5.74, 6) is -0.293. The first-order valence-corrected chi connectivity index (χ1v) is 10.6. The van der Waals surface area contributed by atoms with Gasteiger partial charge in [-0.15, -0.1) is 5.10 Å². The predicted molar refractivity (Wildman–Crippen MR) is 115 cm³/mol. The number of amides is 2. The summed E-state index contributed by atoms with van der Waals surface area (Å²) >= 11 is 1.09. The van der Waals surface area contributed by atoms with Gasteiger partial charge in [-0.25, -0.2) is 0 Å². The van der Waals surface area contributed by atoms with Gasteiger partial charge in [0.2, 0.25) is 0 Å². The molecule has 1 N–H and O–H groups in total. The van der Waals surface area contributed by atoms with Gasteiger partial charge in [0.05, 0.1) is 6.26 Å². The molecule has 0 saturated heterocycles. The third-order valence-corrected chi connectivity index (χ3v) is 5.54. The Morgan fingerprint density at radius 3 is 2.53 bits per heavy atom. The molecule has 1 aromatic carbocycles. The van der Waals surface area contributed by atoms with E-state index in [1.807, 2.05) is 52.0 Å². The molecule has 158 valence electrons. The Balaban J connectivity index is 2.02. The van der Waals surface area contributed by atoms with Crippen LogP contribution in [-0.2, 0) is 11.3 Å². The molecule has 2 heterocycles. The van der Waals surface area contributed by atoms with Gasteiger partial charge in [0.15, 0.2) is 11.7 Å². The van der Waals surface area contributed by atoms with E-state index in [2.05, 4.69) is 14.9 Å². The first-order chi connectivity index (χ1) is 14.3. The molecular weight excluding hydrogens is 400 g/mol. The number of rotatable bonds is 8. The molecule has 3 aromatic rings. The average molecular weight is 427 g/mol. The molecule has 0 aliphatic rings. The fraction of sp³-hybridized carbons (Fsp3) is 0.364. The molecule has 0 saturated carbocycles. The maximum atomic E-state index is 13.4. The molecule has 0 bridgehead atoms. The van der Waals surface area contributed by atoms with Crippen molar-refractivity contribution in [2.75, 3.05) is 0 Å². The Morgan fingerprint density at radius 1 is 1.23 bits per heavy atom. The highest BCUT2D eigenvalue weighted by Crippen LogP contribution is 2.27. The van der Waals surface area contributed by atoms with E-state index in [1.54, 1.807) is 17.5 Å². The van der Waals surface area contributed by atoms with Crippen molar-refractivity contribution >= 4 is 23.3 Å². The Labute approximate surface area is 180 Å². The van der Waals surface area contributed by atoms with Crippen LogP contribution in [0.3, 0.4) is 0 Å². The fourth-order valence-electron chi connectivity index (χ4n) is 2.94. The second-order valence-corrected chi connectivity index (χ2v) is 8.46. The van der Waals surface area contributed by atoms with Crippen LogP contribution in [0.1, 0.15) is 60.6 Å². The smallest absolute Gasteiger partial charge is 0.276 e. The van der Waals surface area contributed by atoms with Crippen molar-refractivity contribution in [1.29, 1.82) is 0 Å². The van der Waals surface area contributed by atoms with E-state index in [-0.39, 0.29) is 24.1 Å². The van der Waals surface area contributed by atoms with Crippen molar-refractivity contribution in [3.8, 4) is 0 Å². The number of hydrogen-bond acceptors (Lipinski definition) is 6. The minimum absolute atomic E-state index is 0.200. The van der Waals surface area contributed by atoms with Gasteiger partial charge in [0.25, 0.3) is 11.8 Å². The summed E-state index contributed by atoms with van der Waals surface area (Å²) in [5.41, 5.74) is 1.79. The first kappa shape index (κ1) is 21.7. The lowest BCUT2D eigenvalue weighted by Crippen LogP contribution is -2.50. The number of carbonyl (C=O) groups excluding carboxylic acids is 2. The topological polar surface area (TPSA) is 88.3 Å². The summed E-state index contributed by atoms with van der Waals surface area (Å²) in [6.45, 7) is 8.11. The largest absolute Gasteiger partial charge is 0.467 e. The maximum Gasteiger partial charge on any atom is 0.276 e. The van der Waals surface area contributed by atoms with Gasteiger partial charge >= 0.3 is 0 Å². The second-order valence-electron chi connectivity index (χ2n) is 7.85. The van der Waals surface area contributed by atoms with Crippen molar-refractivity contribution in [1.82, 2.24) is 19.8 Å². The minimum atomic E-state index is -0.943. The number of aryl methyl sites for hydroxylation is 1. The molecule has 2 aromatic heterocycles. The molecule has 7 nitrogen and oxygen atoms in total. The molecule has 30 heavy (non-hydrogen) atoms. The summed E-state index contributed by atoms with van der Waals surface area (Å²) in [7, 11) is 0. The highest BCUT2D eigenvalue weighted by molar-refractivity contribution is 7.03. The molecule has 0 fully saturated rings. The lowest BCUT2D eigenvalue weighted by molar-refractivity contribution is -0.128. The van der Waals surface area contributed by atoms with Crippen LogP contribution < -0.4 is 5.32 Å². The zero-order valence-corrected chi connectivity index (χ0v) is 18.4. The number of nitrogens with zero attached hydrogens (tertiary/aromatic N) is 3. The standard InChI is InChI=1S/C22H26N4O3S/c1-5-22(3,4)23-20(27)19(18-7-6-12-29-18)26(21(28)17-14-30-25-24-17)13-16-10-8-15(2)9-11-16/h6-12,14,19H,5,13H2,1-4H3,(H,23,27)/t19-/m1/s1. The van der Waals surface area contributed by atoms with Crippen molar-refractivity contribution in [3.05, 3.63) is 70.6 Å². The Bertz CT molecular complexity index is 967. The number of hydrogen-bond donors (Lipinski definition) is 1. The van der Waals surface area contributed by atoms with Gasteiger partial charge in [0, 0.05) is 17.5 Å². The summed E-state index contributed by atoms with van der Waals surface area (Å²) in [5, 5.41) is 8.55. The Hall–Kier alpha value is -3.00. The Morgan fingerprint density at radius 2 is 1.97 bits per heavy atom. The number of furan rings is 1. The highest BCUT2D eigenvalue weighted by atomic mass is 32.1. The van der Waals surface area contributed by atoms with Crippen LogP contribution in [0.4, 0.5) is 0 Å². The van der Waals surface area contributed by atoms with E-state index in [4.69, 9.17) is 4.42 Å². The van der Waals surface area contributed by atoms with E-state index in [9.17, 15) is 9.59 Å². The molecule has 0 aliphatic carbocycles. The number of nitrogens with one attached hydrogen (secondary N) is 1. The van der Waals surface area contributed by atoms with E-state index >= 15 is 0 Å². The number of benzene rings is 1. The zero-order valence-electron chi connectivity index (χ0n) is 17.6. The average Bonchev–Trinajstić information content (AvgIpc) is 3.42. The molecule has 0 aliphatic heterocycles. The SMILES string of the molecule is CCC(C)(C)NC(=O)[C@@H](c1ccco1)N(Cc1ccc(C)cc1)C(=O)c1csnn1. The van der Waals surface area contributed by atoms with Crippen molar-refractivity contribution in [2.45, 2.75) is 52.2 Å². The van der Waals surface area contributed by atoms with Crippen LogP contribution >= 0.6 is 11.5 Å². The van der Waals surface area contributed by atoms with Crippen LogP contribution in [0.15, 0.2) is 52.5 Å². The third kappa shape index (κ3) is 5.13. The maximum absolute atomic E-state index is 13.4. The Kier molecular flexibility index (Phi) is 6.66. The lowest BCUT2D eigenvalue weighted by Gasteiger charge is -2.33. The van der Waals surface area contributed by atoms with E-state index in [0.717, 1.165) is 29.1 Å². The molecule has 0 spiro atoms.